The Morgan fingerprint density at radius 1 is 1.50 bits per heavy atom. The van der Waals surface area contributed by atoms with Crippen molar-refractivity contribution in [3.8, 4) is 0 Å². The van der Waals surface area contributed by atoms with Gasteiger partial charge in [0.1, 0.15) is 0 Å². The summed E-state index contributed by atoms with van der Waals surface area (Å²) in [6.07, 6.45) is 1.66. The monoisotopic (exact) mass is 177 g/mol. The fourth-order valence-electron chi connectivity index (χ4n) is 0.326. The van der Waals surface area contributed by atoms with E-state index in [1.165, 1.54) is 0 Å². The quantitative estimate of drug-likeness (QED) is 0.455. The zero-order valence-electron chi connectivity index (χ0n) is 5.99. The molecule has 0 fully saturated rings. The molecule has 0 aliphatic heterocycles. The van der Waals surface area contributed by atoms with Crippen LogP contribution in [-0.4, -0.2) is 12.8 Å². The van der Waals surface area contributed by atoms with Crippen LogP contribution in [0.2, 0.25) is 0 Å². The third-order valence-electron chi connectivity index (χ3n) is 0.947. The summed E-state index contributed by atoms with van der Waals surface area (Å²) in [5.74, 6) is 0. The van der Waals surface area contributed by atoms with Gasteiger partial charge in [0.05, 0.1) is 10.1 Å². The lowest BCUT2D eigenvalue weighted by Gasteiger charge is -1.92. The maximum absolute atomic E-state index is 5.64. The molecule has 0 heterocycles. The normalized spacial score (nSPS) is 13.6. The second-order valence-electron chi connectivity index (χ2n) is 1.76. The predicted octanol–water partition coefficient (Wildman–Crippen LogP) is 2.95. The second-order valence-corrected chi connectivity index (χ2v) is 2.63. The van der Waals surface area contributed by atoms with Gasteiger partial charge in [-0.15, -0.1) is 0 Å². The number of allylic oxidation sites excluding steroid dienone is 3. The molecule has 0 spiro atoms. The first-order valence-corrected chi connectivity index (χ1v) is 3.49. The summed E-state index contributed by atoms with van der Waals surface area (Å²) < 4.78 is 0. The molecule has 0 rings (SSSR count). The number of rotatable bonds is 2. The molecule has 0 saturated heterocycles. The van der Waals surface area contributed by atoms with Gasteiger partial charge in [-0.2, -0.15) is 0 Å². The van der Waals surface area contributed by atoms with E-state index in [9.17, 15) is 0 Å². The van der Waals surface area contributed by atoms with Crippen LogP contribution in [0.15, 0.2) is 27.7 Å². The minimum absolute atomic E-state index is 0.338. The molecule has 0 aromatic carbocycles. The Hall–Kier alpha value is -0.270. The zero-order valence-corrected chi connectivity index (χ0v) is 7.50. The van der Waals surface area contributed by atoms with Gasteiger partial charge in [0.15, 0.2) is 0 Å². The van der Waals surface area contributed by atoms with Crippen LogP contribution in [0.5, 0.6) is 0 Å². The Kier molecular flexibility index (Phi) is 4.41. The largest absolute Gasteiger partial charge is 0.293 e. The first kappa shape index (κ1) is 9.73. The smallest absolute Gasteiger partial charge is 0.0604 e. The summed E-state index contributed by atoms with van der Waals surface area (Å²) >= 11 is 11.1. The fraction of sp³-hybridized carbons (Fsp3) is 0.286. The molecule has 1 nitrogen and oxygen atoms in total. The molecule has 0 unspecified atom stereocenters. The Balaban J connectivity index is 4.31. The van der Waals surface area contributed by atoms with Crippen LogP contribution < -0.4 is 0 Å². The minimum Gasteiger partial charge on any atom is -0.293 e. The van der Waals surface area contributed by atoms with Crippen molar-refractivity contribution in [2.45, 2.75) is 6.92 Å². The molecule has 10 heavy (non-hydrogen) atoms. The van der Waals surface area contributed by atoms with E-state index in [2.05, 4.69) is 11.6 Å². The molecule has 0 bridgehead atoms. The summed E-state index contributed by atoms with van der Waals surface area (Å²) in [5.41, 5.74) is 0.826. The predicted molar refractivity (Wildman–Crippen MR) is 48.0 cm³/mol. The van der Waals surface area contributed by atoms with Gasteiger partial charge in [-0.25, -0.2) is 0 Å². The molecule has 0 radical (unpaired) electrons. The van der Waals surface area contributed by atoms with Crippen LogP contribution in [-0.2, 0) is 0 Å². The van der Waals surface area contributed by atoms with Gasteiger partial charge in [0, 0.05) is 12.8 Å². The van der Waals surface area contributed by atoms with E-state index >= 15 is 0 Å². The van der Waals surface area contributed by atoms with Gasteiger partial charge in [-0.05, 0) is 13.0 Å². The average molecular weight is 178 g/mol. The van der Waals surface area contributed by atoms with E-state index in [0.29, 0.717) is 10.1 Å². The van der Waals surface area contributed by atoms with Crippen molar-refractivity contribution >= 4 is 28.9 Å². The van der Waals surface area contributed by atoms with Crippen molar-refractivity contribution < 1.29 is 0 Å². The van der Waals surface area contributed by atoms with Crippen LogP contribution in [0.4, 0.5) is 0 Å². The molecule has 0 aromatic rings. The van der Waals surface area contributed by atoms with Gasteiger partial charge in [0.25, 0.3) is 0 Å². The minimum atomic E-state index is 0.338. The molecule has 3 heteroatoms. The van der Waals surface area contributed by atoms with Crippen LogP contribution in [0.3, 0.4) is 0 Å². The standard InChI is InChI=1S/C7H9Cl2N/c1-5(10-3)4-7(9)6(2)8/h4H,2H2,1,3H3/b7-4+,10-5-. The Morgan fingerprint density at radius 3 is 2.30 bits per heavy atom. The Labute approximate surface area is 71.1 Å². The molecule has 0 N–H and O–H groups in total. The van der Waals surface area contributed by atoms with Crippen LogP contribution in [0.1, 0.15) is 6.92 Å². The van der Waals surface area contributed by atoms with Gasteiger partial charge < -0.3 is 0 Å². The van der Waals surface area contributed by atoms with E-state index in [4.69, 9.17) is 23.2 Å². The third-order valence-corrected chi connectivity index (χ3v) is 1.59. The highest BCUT2D eigenvalue weighted by atomic mass is 35.5. The van der Waals surface area contributed by atoms with Gasteiger partial charge in [0.2, 0.25) is 0 Å². The molecule has 0 amide bonds. The summed E-state index contributed by atoms with van der Waals surface area (Å²) in [4.78, 5) is 3.87. The molecule has 0 aromatic heterocycles. The molecule has 0 aliphatic rings. The van der Waals surface area contributed by atoms with Crippen molar-refractivity contribution in [1.82, 2.24) is 0 Å². The number of hydrogen-bond donors (Lipinski definition) is 0. The summed E-state index contributed by atoms with van der Waals surface area (Å²) in [6.45, 7) is 5.29. The first-order valence-electron chi connectivity index (χ1n) is 2.73. The van der Waals surface area contributed by atoms with Crippen LogP contribution in [0.25, 0.3) is 0 Å². The van der Waals surface area contributed by atoms with Crippen LogP contribution in [0, 0.1) is 0 Å². The SMILES string of the molecule is C=C(Cl)/C(Cl)=C\C(C)=N/C. The summed E-state index contributed by atoms with van der Waals surface area (Å²) in [6, 6.07) is 0. The van der Waals surface area contributed by atoms with Crippen molar-refractivity contribution in [3.05, 3.63) is 22.7 Å². The van der Waals surface area contributed by atoms with E-state index in [1.54, 1.807) is 13.1 Å². The lowest BCUT2D eigenvalue weighted by atomic mass is 10.3. The molecular weight excluding hydrogens is 169 g/mol. The number of nitrogens with zero attached hydrogens (tertiary/aromatic N) is 1. The first-order chi connectivity index (χ1) is 4.57. The second kappa shape index (κ2) is 4.53. The molecular formula is C7H9Cl2N. The lowest BCUT2D eigenvalue weighted by Crippen LogP contribution is -1.84. The number of hydrogen-bond acceptors (Lipinski definition) is 1. The number of aliphatic imine (C=N–C) groups is 1. The highest BCUT2D eigenvalue weighted by molar-refractivity contribution is 6.44. The van der Waals surface area contributed by atoms with Crippen molar-refractivity contribution in [3.63, 3.8) is 0 Å². The highest BCUT2D eigenvalue weighted by Gasteiger charge is 1.93. The molecule has 0 aliphatic carbocycles. The molecule has 0 saturated carbocycles. The Bertz CT molecular complexity index is 192. The van der Waals surface area contributed by atoms with E-state index in [0.717, 1.165) is 5.71 Å². The van der Waals surface area contributed by atoms with Crippen molar-refractivity contribution in [2.24, 2.45) is 4.99 Å². The van der Waals surface area contributed by atoms with E-state index < -0.39 is 0 Å². The summed E-state index contributed by atoms with van der Waals surface area (Å²) in [7, 11) is 1.69. The average Bonchev–Trinajstić information content (AvgIpc) is 1.87. The summed E-state index contributed by atoms with van der Waals surface area (Å²) in [5, 5.41) is 0.773. The van der Waals surface area contributed by atoms with Crippen LogP contribution >= 0.6 is 23.2 Å². The molecule has 56 valence electrons. The maximum atomic E-state index is 5.64. The Morgan fingerprint density at radius 2 is 2.00 bits per heavy atom. The lowest BCUT2D eigenvalue weighted by molar-refractivity contribution is 1.43. The maximum Gasteiger partial charge on any atom is 0.0604 e. The van der Waals surface area contributed by atoms with Crippen molar-refractivity contribution in [2.75, 3.05) is 7.05 Å². The fourth-order valence-corrected chi connectivity index (χ4v) is 0.539. The topological polar surface area (TPSA) is 12.4 Å². The third kappa shape index (κ3) is 3.70. The molecule has 0 atom stereocenters. The highest BCUT2D eigenvalue weighted by Crippen LogP contribution is 2.15. The van der Waals surface area contributed by atoms with Gasteiger partial charge in [-0.1, -0.05) is 29.8 Å². The van der Waals surface area contributed by atoms with E-state index in [-0.39, 0.29) is 0 Å². The number of halogens is 2. The van der Waals surface area contributed by atoms with Crippen molar-refractivity contribution in [1.29, 1.82) is 0 Å². The van der Waals surface area contributed by atoms with Gasteiger partial charge in [-0.3, -0.25) is 4.99 Å². The zero-order chi connectivity index (χ0) is 8.15. The van der Waals surface area contributed by atoms with Gasteiger partial charge >= 0.3 is 0 Å². The van der Waals surface area contributed by atoms with E-state index in [1.807, 2.05) is 6.92 Å².